The van der Waals surface area contributed by atoms with E-state index < -0.39 is 30.6 Å². The number of aliphatic carboxylic acids is 3. The van der Waals surface area contributed by atoms with Crippen LogP contribution in [0.2, 0.25) is 0 Å². The van der Waals surface area contributed by atoms with E-state index in [1.54, 1.807) is 0 Å². The lowest BCUT2D eigenvalue weighted by Crippen LogP contribution is -2.33. The van der Waals surface area contributed by atoms with Crippen LogP contribution in [0, 0.1) is 0 Å². The highest BCUT2D eigenvalue weighted by molar-refractivity contribution is 5.89. The molecular formula is C7H13NO8. The van der Waals surface area contributed by atoms with Gasteiger partial charge in [0.2, 0.25) is 0 Å². The SMILES string of the molecule is N[C@@H](CO)C(=O)O.O.O=C(O)/C=C/C(=O)O. The van der Waals surface area contributed by atoms with Gasteiger partial charge in [0.15, 0.2) is 0 Å². The van der Waals surface area contributed by atoms with Crippen molar-refractivity contribution in [2.45, 2.75) is 6.04 Å². The third-order valence-electron chi connectivity index (χ3n) is 0.882. The number of carbonyl (C=O) groups is 3. The van der Waals surface area contributed by atoms with Gasteiger partial charge in [-0.1, -0.05) is 0 Å². The van der Waals surface area contributed by atoms with Gasteiger partial charge in [0.25, 0.3) is 0 Å². The minimum atomic E-state index is -1.26. The zero-order valence-corrected chi connectivity index (χ0v) is 8.03. The van der Waals surface area contributed by atoms with Crippen molar-refractivity contribution < 1.29 is 40.3 Å². The summed E-state index contributed by atoms with van der Waals surface area (Å²) in [5, 5.41) is 31.5. The van der Waals surface area contributed by atoms with Crippen LogP contribution in [0.3, 0.4) is 0 Å². The molecule has 0 aliphatic rings. The Bertz CT molecular complexity index is 245. The maximum atomic E-state index is 9.65. The van der Waals surface area contributed by atoms with Gasteiger partial charge in [-0.05, 0) is 0 Å². The first kappa shape index (κ1) is 19.6. The average molecular weight is 239 g/mol. The molecule has 16 heavy (non-hydrogen) atoms. The second-order valence-electron chi connectivity index (χ2n) is 2.14. The molecule has 0 unspecified atom stereocenters. The summed E-state index contributed by atoms with van der Waals surface area (Å²) in [6, 6.07) is -1.13. The lowest BCUT2D eigenvalue weighted by atomic mass is 10.3. The highest BCUT2D eigenvalue weighted by Gasteiger charge is 2.06. The number of nitrogens with two attached hydrogens (primary N) is 1. The molecule has 0 aromatic carbocycles. The third-order valence-corrected chi connectivity index (χ3v) is 0.882. The zero-order valence-electron chi connectivity index (χ0n) is 8.03. The number of rotatable bonds is 4. The molecular weight excluding hydrogens is 226 g/mol. The minimum Gasteiger partial charge on any atom is -0.480 e. The number of aliphatic hydroxyl groups is 1. The summed E-state index contributed by atoms with van der Waals surface area (Å²) in [5.74, 6) is -3.69. The molecule has 0 aliphatic carbocycles. The monoisotopic (exact) mass is 239 g/mol. The molecule has 1 atom stereocenters. The second kappa shape index (κ2) is 11.1. The Labute approximate surface area is 89.7 Å². The molecule has 9 nitrogen and oxygen atoms in total. The smallest absolute Gasteiger partial charge is 0.328 e. The van der Waals surface area contributed by atoms with Crippen LogP contribution in [0.25, 0.3) is 0 Å². The maximum Gasteiger partial charge on any atom is 0.328 e. The number of hydrogen-bond donors (Lipinski definition) is 5. The highest BCUT2D eigenvalue weighted by Crippen LogP contribution is 1.71. The molecule has 0 saturated heterocycles. The Hall–Kier alpha value is -1.97. The van der Waals surface area contributed by atoms with Gasteiger partial charge in [-0.25, -0.2) is 9.59 Å². The van der Waals surface area contributed by atoms with Crippen molar-refractivity contribution in [2.75, 3.05) is 6.61 Å². The predicted molar refractivity (Wildman–Crippen MR) is 50.7 cm³/mol. The minimum absolute atomic E-state index is 0. The van der Waals surface area contributed by atoms with Crippen LogP contribution in [0.4, 0.5) is 0 Å². The van der Waals surface area contributed by atoms with Crippen LogP contribution in [0.5, 0.6) is 0 Å². The summed E-state index contributed by atoms with van der Waals surface area (Å²) in [6.45, 7) is -0.505. The predicted octanol–water partition coefficient (Wildman–Crippen LogP) is -2.72. The molecule has 0 rings (SSSR count). The van der Waals surface area contributed by atoms with Crippen molar-refractivity contribution in [1.82, 2.24) is 0 Å². The Morgan fingerprint density at radius 3 is 1.44 bits per heavy atom. The van der Waals surface area contributed by atoms with Crippen molar-refractivity contribution in [3.05, 3.63) is 12.2 Å². The van der Waals surface area contributed by atoms with E-state index in [1.807, 2.05) is 0 Å². The van der Waals surface area contributed by atoms with Gasteiger partial charge in [0.1, 0.15) is 6.04 Å². The molecule has 0 aromatic rings. The first-order chi connectivity index (χ1) is 6.81. The first-order valence-electron chi connectivity index (χ1n) is 3.54. The molecule has 0 saturated carbocycles. The fourth-order valence-corrected chi connectivity index (χ4v) is 0.221. The van der Waals surface area contributed by atoms with E-state index in [0.29, 0.717) is 12.2 Å². The molecule has 0 heterocycles. The molecule has 0 fully saturated rings. The summed E-state index contributed by atoms with van der Waals surface area (Å²) in [6.07, 6.45) is 1.12. The van der Waals surface area contributed by atoms with Crippen molar-refractivity contribution in [3.8, 4) is 0 Å². The number of carboxylic acid groups (broad SMARTS) is 3. The molecule has 0 aromatic heterocycles. The highest BCUT2D eigenvalue weighted by atomic mass is 16.4. The van der Waals surface area contributed by atoms with Crippen LogP contribution in [0.1, 0.15) is 0 Å². The quantitative estimate of drug-likeness (QED) is 0.326. The van der Waals surface area contributed by atoms with E-state index in [9.17, 15) is 14.4 Å². The van der Waals surface area contributed by atoms with Crippen LogP contribution in [-0.4, -0.2) is 56.5 Å². The van der Waals surface area contributed by atoms with Gasteiger partial charge in [-0.2, -0.15) is 0 Å². The summed E-state index contributed by atoms with van der Waals surface area (Å²) in [4.78, 5) is 28.8. The molecule has 0 bridgehead atoms. The maximum absolute atomic E-state index is 9.65. The molecule has 94 valence electrons. The van der Waals surface area contributed by atoms with Crippen molar-refractivity contribution in [3.63, 3.8) is 0 Å². The van der Waals surface area contributed by atoms with Crippen LogP contribution >= 0.6 is 0 Å². The van der Waals surface area contributed by atoms with Gasteiger partial charge < -0.3 is 31.6 Å². The van der Waals surface area contributed by atoms with Gasteiger partial charge in [-0.3, -0.25) is 4.79 Å². The standard InChI is InChI=1S/C4H4O4.C3H7NO3.H2O/c5-3(6)1-2-4(7)8;4-2(1-5)3(6)7;/h1-2H,(H,5,6)(H,7,8);2,5H,1,4H2,(H,6,7);1H2/b2-1+;;/t;2-;/m.0./s1. The first-order valence-corrected chi connectivity index (χ1v) is 3.54. The van der Waals surface area contributed by atoms with Gasteiger partial charge in [0.05, 0.1) is 6.61 Å². The van der Waals surface area contributed by atoms with Crippen molar-refractivity contribution in [1.29, 1.82) is 0 Å². The largest absolute Gasteiger partial charge is 0.480 e. The number of hydrogen-bond acceptors (Lipinski definition) is 5. The van der Waals surface area contributed by atoms with E-state index in [-0.39, 0.29) is 5.48 Å². The van der Waals surface area contributed by atoms with Gasteiger partial charge in [0, 0.05) is 12.2 Å². The Morgan fingerprint density at radius 2 is 1.38 bits per heavy atom. The summed E-state index contributed by atoms with van der Waals surface area (Å²) in [5.41, 5.74) is 4.77. The fourth-order valence-electron chi connectivity index (χ4n) is 0.221. The van der Waals surface area contributed by atoms with Crippen molar-refractivity contribution >= 4 is 17.9 Å². The summed E-state index contributed by atoms with van der Waals surface area (Å²) < 4.78 is 0. The van der Waals surface area contributed by atoms with Crippen molar-refractivity contribution in [2.24, 2.45) is 5.73 Å². The van der Waals surface area contributed by atoms with E-state index in [1.165, 1.54) is 0 Å². The topological polar surface area (TPSA) is 190 Å². The summed E-state index contributed by atoms with van der Waals surface area (Å²) in [7, 11) is 0. The Kier molecular flexibility index (Phi) is 13.6. The van der Waals surface area contributed by atoms with E-state index >= 15 is 0 Å². The molecule has 8 N–H and O–H groups in total. The molecule has 9 heteroatoms. The summed E-state index contributed by atoms with van der Waals surface area (Å²) >= 11 is 0. The van der Waals surface area contributed by atoms with E-state index in [2.05, 4.69) is 0 Å². The molecule has 0 radical (unpaired) electrons. The second-order valence-corrected chi connectivity index (χ2v) is 2.14. The Morgan fingerprint density at radius 1 is 1.06 bits per heavy atom. The van der Waals surface area contributed by atoms with Gasteiger partial charge >= 0.3 is 17.9 Å². The third kappa shape index (κ3) is 17.9. The fraction of sp³-hybridized carbons (Fsp3) is 0.286. The number of aliphatic hydroxyl groups excluding tert-OH is 1. The zero-order chi connectivity index (χ0) is 12.4. The normalized spacial score (nSPS) is 10.6. The van der Waals surface area contributed by atoms with E-state index in [0.717, 1.165) is 0 Å². The average Bonchev–Trinajstić information content (AvgIpc) is 2.14. The van der Waals surface area contributed by atoms with E-state index in [4.69, 9.17) is 26.2 Å². The number of carboxylic acids is 3. The molecule has 0 amide bonds. The lowest BCUT2D eigenvalue weighted by molar-refractivity contribution is -0.139. The Balaban J connectivity index is -0.000000200. The van der Waals surface area contributed by atoms with Crippen LogP contribution in [-0.2, 0) is 14.4 Å². The van der Waals surface area contributed by atoms with Gasteiger partial charge in [-0.15, -0.1) is 0 Å². The molecule has 0 spiro atoms. The van der Waals surface area contributed by atoms with Crippen LogP contribution in [0.15, 0.2) is 12.2 Å². The molecule has 0 aliphatic heterocycles. The lowest BCUT2D eigenvalue weighted by Gasteiger charge is -1.96. The van der Waals surface area contributed by atoms with Crippen LogP contribution < -0.4 is 5.73 Å².